The lowest BCUT2D eigenvalue weighted by molar-refractivity contribution is -0.274. The third kappa shape index (κ3) is 4.33. The highest BCUT2D eigenvalue weighted by atomic mass is 35.5. The average molecular weight is 454 g/mol. The van der Waals surface area contributed by atoms with Crippen molar-refractivity contribution in [2.75, 3.05) is 11.4 Å². The molecule has 1 aliphatic rings. The Bertz CT molecular complexity index is 1090. The molecule has 0 saturated carbocycles. The van der Waals surface area contributed by atoms with E-state index >= 15 is 0 Å². The lowest BCUT2D eigenvalue weighted by atomic mass is 10.00. The monoisotopic (exact) mass is 453 g/mol. The largest absolute Gasteiger partial charge is 0.573 e. The molecule has 1 aromatic carbocycles. The topological polar surface area (TPSA) is 30.3 Å². The molecule has 168 valence electrons. The number of anilines is 1. The van der Waals surface area contributed by atoms with Crippen molar-refractivity contribution in [3.05, 3.63) is 47.3 Å². The van der Waals surface area contributed by atoms with Gasteiger partial charge in [-0.2, -0.15) is 0 Å². The highest BCUT2D eigenvalue weighted by molar-refractivity contribution is 5.96. The molecule has 0 unspecified atom stereocenters. The van der Waals surface area contributed by atoms with Crippen LogP contribution in [0.5, 0.6) is 5.75 Å². The van der Waals surface area contributed by atoms with Gasteiger partial charge in [0.1, 0.15) is 11.4 Å². The Kier molecular flexibility index (Phi) is 6.46. The van der Waals surface area contributed by atoms with Crippen LogP contribution in [0.2, 0.25) is 0 Å². The molecule has 3 heterocycles. The zero-order valence-corrected chi connectivity index (χ0v) is 18.9. The van der Waals surface area contributed by atoms with E-state index in [9.17, 15) is 13.2 Å². The van der Waals surface area contributed by atoms with Crippen molar-refractivity contribution in [1.82, 2.24) is 9.55 Å². The third-order valence-corrected chi connectivity index (χ3v) is 5.92. The Morgan fingerprint density at radius 2 is 1.81 bits per heavy atom. The Hall–Kier alpha value is -2.41. The Labute approximate surface area is 186 Å². The summed E-state index contributed by atoms with van der Waals surface area (Å²) in [6, 6.07) is 7.07. The molecule has 1 aliphatic heterocycles. The van der Waals surface area contributed by atoms with Gasteiger partial charge in [0.15, 0.2) is 0 Å². The van der Waals surface area contributed by atoms with Gasteiger partial charge in [0.2, 0.25) is 0 Å². The van der Waals surface area contributed by atoms with Crippen LogP contribution in [0.15, 0.2) is 30.5 Å². The first-order valence-electron chi connectivity index (χ1n) is 10.4. The van der Waals surface area contributed by atoms with Gasteiger partial charge >= 0.3 is 6.36 Å². The first kappa shape index (κ1) is 23.3. The van der Waals surface area contributed by atoms with Crippen LogP contribution in [-0.4, -0.2) is 28.5 Å². The average Bonchev–Trinajstić information content (AvgIpc) is 3.02. The number of benzene rings is 1. The molecule has 4 nitrogen and oxygen atoms in total. The minimum atomic E-state index is -4.70. The van der Waals surface area contributed by atoms with Gasteiger partial charge in [-0.25, -0.2) is 4.98 Å². The number of alkyl halides is 3. The number of nitrogens with zero attached hydrogens (tertiary/aromatic N) is 3. The molecule has 0 N–H and O–H groups in total. The van der Waals surface area contributed by atoms with Gasteiger partial charge < -0.3 is 14.2 Å². The highest BCUT2D eigenvalue weighted by Crippen LogP contribution is 2.39. The molecule has 8 heteroatoms. The van der Waals surface area contributed by atoms with Crippen molar-refractivity contribution in [2.45, 2.75) is 59.4 Å². The minimum Gasteiger partial charge on any atom is -0.406 e. The quantitative estimate of drug-likeness (QED) is 0.441. The number of hydrogen-bond donors (Lipinski definition) is 0. The molecule has 2 aromatic heterocycles. The molecule has 3 aromatic rings. The summed E-state index contributed by atoms with van der Waals surface area (Å²) in [5.74, 6) is -0.213. The standard InChI is InChI=1S/C23H26F3N3O.ClH/c1-5-17(6-2)28-10-9-16-13-29(22-21(16)20(28)12-15(4)27-22)19-8-7-18(11-14(19)3)30-23(24,25)26;/h7-8,11-13,17H,5-6,9-10H2,1-4H3;1H. The van der Waals surface area contributed by atoms with Crippen molar-refractivity contribution in [3.8, 4) is 11.4 Å². The van der Waals surface area contributed by atoms with Crippen LogP contribution in [0.25, 0.3) is 16.7 Å². The Morgan fingerprint density at radius 3 is 2.42 bits per heavy atom. The van der Waals surface area contributed by atoms with Gasteiger partial charge in [-0.1, -0.05) is 13.8 Å². The number of rotatable bonds is 5. The van der Waals surface area contributed by atoms with Crippen molar-refractivity contribution >= 4 is 29.1 Å². The van der Waals surface area contributed by atoms with Gasteiger partial charge in [-0.3, -0.25) is 0 Å². The first-order valence-corrected chi connectivity index (χ1v) is 10.4. The second-order valence-electron chi connectivity index (χ2n) is 7.92. The second kappa shape index (κ2) is 8.61. The van der Waals surface area contributed by atoms with Crippen LogP contribution in [0, 0.1) is 13.8 Å². The third-order valence-electron chi connectivity index (χ3n) is 5.92. The van der Waals surface area contributed by atoms with E-state index in [-0.39, 0.29) is 18.2 Å². The SMILES string of the molecule is CCC(CC)N1CCc2cn(-c3ccc(OC(F)(F)F)cc3C)c3nc(C)cc1c23.Cl. The number of hydrogen-bond acceptors (Lipinski definition) is 3. The summed E-state index contributed by atoms with van der Waals surface area (Å²) in [7, 11) is 0. The van der Waals surface area contributed by atoms with Gasteiger partial charge in [0, 0.05) is 29.9 Å². The lowest BCUT2D eigenvalue weighted by Crippen LogP contribution is -2.38. The molecule has 0 aliphatic carbocycles. The molecule has 0 fully saturated rings. The predicted octanol–water partition coefficient (Wildman–Crippen LogP) is 6.51. The summed E-state index contributed by atoms with van der Waals surface area (Å²) in [4.78, 5) is 7.30. The fourth-order valence-electron chi connectivity index (χ4n) is 4.57. The van der Waals surface area contributed by atoms with Crippen molar-refractivity contribution in [1.29, 1.82) is 0 Å². The molecule has 0 amide bonds. The highest BCUT2D eigenvalue weighted by Gasteiger charge is 2.31. The van der Waals surface area contributed by atoms with E-state index in [2.05, 4.69) is 35.7 Å². The number of aromatic nitrogens is 2. The van der Waals surface area contributed by atoms with E-state index < -0.39 is 6.36 Å². The zero-order chi connectivity index (χ0) is 21.6. The summed E-state index contributed by atoms with van der Waals surface area (Å²) >= 11 is 0. The van der Waals surface area contributed by atoms with Gasteiger partial charge in [-0.15, -0.1) is 25.6 Å². The van der Waals surface area contributed by atoms with E-state index in [0.29, 0.717) is 11.6 Å². The Morgan fingerprint density at radius 1 is 1.10 bits per heavy atom. The van der Waals surface area contributed by atoms with Crippen molar-refractivity contribution < 1.29 is 17.9 Å². The first-order chi connectivity index (χ1) is 14.2. The summed E-state index contributed by atoms with van der Waals surface area (Å²) in [6.07, 6.45) is 0.458. The lowest BCUT2D eigenvalue weighted by Gasteiger charge is -2.36. The number of aryl methyl sites for hydroxylation is 2. The van der Waals surface area contributed by atoms with E-state index in [0.717, 1.165) is 48.2 Å². The van der Waals surface area contributed by atoms with Crippen molar-refractivity contribution in [3.63, 3.8) is 0 Å². The fraction of sp³-hybridized carbons (Fsp3) is 0.435. The van der Waals surface area contributed by atoms with E-state index in [1.54, 1.807) is 13.0 Å². The smallest absolute Gasteiger partial charge is 0.406 e. The minimum absolute atomic E-state index is 0. The molecule has 0 spiro atoms. The van der Waals surface area contributed by atoms with Crippen LogP contribution < -0.4 is 9.64 Å². The maximum absolute atomic E-state index is 12.6. The van der Waals surface area contributed by atoms with E-state index in [4.69, 9.17) is 4.98 Å². The molecule has 0 atom stereocenters. The molecule has 0 bridgehead atoms. The molecular formula is C23H27ClF3N3O. The normalized spacial score (nSPS) is 13.6. The molecular weight excluding hydrogens is 427 g/mol. The number of pyridine rings is 1. The molecule has 31 heavy (non-hydrogen) atoms. The van der Waals surface area contributed by atoms with Gasteiger partial charge in [-0.05, 0) is 68.5 Å². The van der Waals surface area contributed by atoms with Crippen LogP contribution in [0.1, 0.15) is 43.5 Å². The summed E-state index contributed by atoms with van der Waals surface area (Å²) in [6.45, 7) is 9.16. The van der Waals surface area contributed by atoms with Crippen molar-refractivity contribution in [2.24, 2.45) is 0 Å². The van der Waals surface area contributed by atoms with Gasteiger partial charge in [0.05, 0.1) is 11.4 Å². The Balaban J connectivity index is 0.00000272. The van der Waals surface area contributed by atoms with Crippen LogP contribution in [0.4, 0.5) is 18.9 Å². The van der Waals surface area contributed by atoms with Gasteiger partial charge in [0.25, 0.3) is 0 Å². The van der Waals surface area contributed by atoms with E-state index in [1.807, 2.05) is 11.5 Å². The summed E-state index contributed by atoms with van der Waals surface area (Å²) < 4.78 is 43.8. The fourth-order valence-corrected chi connectivity index (χ4v) is 4.57. The summed E-state index contributed by atoms with van der Waals surface area (Å²) in [5, 5.41) is 1.15. The van der Waals surface area contributed by atoms with E-state index in [1.165, 1.54) is 23.4 Å². The second-order valence-corrected chi connectivity index (χ2v) is 7.92. The maximum atomic E-state index is 12.6. The predicted molar refractivity (Wildman–Crippen MR) is 120 cm³/mol. The molecule has 0 saturated heterocycles. The zero-order valence-electron chi connectivity index (χ0n) is 18.1. The number of ether oxygens (including phenoxy) is 1. The molecule has 4 rings (SSSR count). The van der Waals surface area contributed by atoms with Crippen LogP contribution in [-0.2, 0) is 6.42 Å². The van der Waals surface area contributed by atoms with Crippen LogP contribution >= 0.6 is 12.4 Å². The maximum Gasteiger partial charge on any atom is 0.573 e. The molecule has 0 radical (unpaired) electrons. The van der Waals surface area contributed by atoms with Crippen LogP contribution in [0.3, 0.4) is 0 Å². The summed E-state index contributed by atoms with van der Waals surface area (Å²) in [5.41, 5.74) is 5.71. The number of halogens is 4.